The van der Waals surface area contributed by atoms with Crippen LogP contribution in [0.25, 0.3) is 0 Å². The molecule has 0 aliphatic rings. The second kappa shape index (κ2) is 5.04. The van der Waals surface area contributed by atoms with E-state index in [0.717, 1.165) is 11.8 Å². The number of hydrogen-bond donors (Lipinski definition) is 1. The largest absolute Gasteiger partial charge is 0.481 e. The van der Waals surface area contributed by atoms with Gasteiger partial charge in [-0.3, -0.25) is 4.79 Å². The highest BCUT2D eigenvalue weighted by Crippen LogP contribution is 2.30. The summed E-state index contributed by atoms with van der Waals surface area (Å²) in [6.07, 6.45) is 1.51. The number of halogens is 2. The molecular formula is C12H14F2O2S. The Kier molecular flexibility index (Phi) is 4.14. The molecule has 0 spiro atoms. The number of carboxylic acid groups (broad SMARTS) is 1. The third-order valence-corrected chi connectivity index (χ3v) is 3.32. The zero-order valence-corrected chi connectivity index (χ0v) is 10.7. The number of hydrogen-bond acceptors (Lipinski definition) is 2. The van der Waals surface area contributed by atoms with Gasteiger partial charge in [-0.2, -0.15) is 0 Å². The van der Waals surface area contributed by atoms with Crippen molar-refractivity contribution in [3.8, 4) is 0 Å². The van der Waals surface area contributed by atoms with Crippen LogP contribution < -0.4 is 0 Å². The molecular weight excluding hydrogens is 246 g/mol. The smallest absolute Gasteiger partial charge is 0.309 e. The van der Waals surface area contributed by atoms with Gasteiger partial charge < -0.3 is 5.11 Å². The van der Waals surface area contributed by atoms with Crippen LogP contribution in [0.4, 0.5) is 8.78 Å². The standard InChI is InChI=1S/C12H14F2O2S/c1-12(2,11(15)16)6-7-8(13)4-5-9(17-3)10(7)14/h4-5H,6H2,1-3H3,(H,15,16). The molecule has 0 atom stereocenters. The Balaban J connectivity index is 3.18. The van der Waals surface area contributed by atoms with E-state index in [-0.39, 0.29) is 12.0 Å². The van der Waals surface area contributed by atoms with Gasteiger partial charge in [-0.15, -0.1) is 11.8 Å². The van der Waals surface area contributed by atoms with Crippen molar-refractivity contribution in [1.82, 2.24) is 0 Å². The van der Waals surface area contributed by atoms with Crippen molar-refractivity contribution < 1.29 is 18.7 Å². The summed E-state index contributed by atoms with van der Waals surface area (Å²) < 4.78 is 27.4. The van der Waals surface area contributed by atoms with Crippen LogP contribution in [-0.2, 0) is 11.2 Å². The summed E-state index contributed by atoms with van der Waals surface area (Å²) >= 11 is 1.16. The van der Waals surface area contributed by atoms with E-state index >= 15 is 0 Å². The zero-order valence-electron chi connectivity index (χ0n) is 9.88. The van der Waals surface area contributed by atoms with Gasteiger partial charge in [0.25, 0.3) is 0 Å². The van der Waals surface area contributed by atoms with Gasteiger partial charge in [-0.1, -0.05) is 0 Å². The van der Waals surface area contributed by atoms with Crippen LogP contribution in [0.15, 0.2) is 17.0 Å². The van der Waals surface area contributed by atoms with Gasteiger partial charge in [0.05, 0.1) is 5.41 Å². The number of rotatable bonds is 4. The summed E-state index contributed by atoms with van der Waals surface area (Å²) in [6, 6.07) is 2.52. The van der Waals surface area contributed by atoms with Crippen molar-refractivity contribution in [2.75, 3.05) is 6.26 Å². The number of benzene rings is 1. The van der Waals surface area contributed by atoms with E-state index in [2.05, 4.69) is 0 Å². The van der Waals surface area contributed by atoms with Gasteiger partial charge in [0.1, 0.15) is 11.6 Å². The van der Waals surface area contributed by atoms with E-state index < -0.39 is 23.0 Å². The maximum atomic E-state index is 13.9. The molecule has 1 N–H and O–H groups in total. The van der Waals surface area contributed by atoms with Crippen molar-refractivity contribution in [3.63, 3.8) is 0 Å². The first-order valence-corrected chi connectivity index (χ1v) is 6.26. The lowest BCUT2D eigenvalue weighted by atomic mass is 9.85. The maximum absolute atomic E-state index is 13.9. The van der Waals surface area contributed by atoms with Gasteiger partial charge in [0.15, 0.2) is 0 Å². The van der Waals surface area contributed by atoms with Crippen molar-refractivity contribution >= 4 is 17.7 Å². The van der Waals surface area contributed by atoms with E-state index in [1.807, 2.05) is 0 Å². The molecule has 1 aromatic rings. The number of aliphatic carboxylic acids is 1. The average Bonchev–Trinajstić information content (AvgIpc) is 2.24. The summed E-state index contributed by atoms with van der Waals surface area (Å²) in [6.45, 7) is 2.89. The Bertz CT molecular complexity index is 444. The second-order valence-corrected chi connectivity index (χ2v) is 5.26. The SMILES string of the molecule is CSc1ccc(F)c(CC(C)(C)C(=O)O)c1F. The highest BCUT2D eigenvalue weighted by molar-refractivity contribution is 7.98. The molecule has 0 fully saturated rings. The summed E-state index contributed by atoms with van der Waals surface area (Å²) in [4.78, 5) is 11.3. The van der Waals surface area contributed by atoms with Gasteiger partial charge >= 0.3 is 5.97 Å². The highest BCUT2D eigenvalue weighted by Gasteiger charge is 2.30. The van der Waals surface area contributed by atoms with E-state index in [1.54, 1.807) is 6.26 Å². The first kappa shape index (κ1) is 14.0. The predicted molar refractivity (Wildman–Crippen MR) is 63.3 cm³/mol. The van der Waals surface area contributed by atoms with E-state index in [9.17, 15) is 13.6 Å². The van der Waals surface area contributed by atoms with Gasteiger partial charge in [0.2, 0.25) is 0 Å². The van der Waals surface area contributed by atoms with E-state index in [1.165, 1.54) is 26.0 Å². The molecule has 0 amide bonds. The molecule has 17 heavy (non-hydrogen) atoms. The fraction of sp³-hybridized carbons (Fsp3) is 0.417. The van der Waals surface area contributed by atoms with E-state index in [4.69, 9.17) is 5.11 Å². The van der Waals surface area contributed by atoms with Crippen molar-refractivity contribution in [1.29, 1.82) is 0 Å². The molecule has 0 unspecified atom stereocenters. The summed E-state index contributed by atoms with van der Waals surface area (Å²) in [5, 5.41) is 8.96. The Morgan fingerprint density at radius 1 is 1.41 bits per heavy atom. The minimum atomic E-state index is -1.20. The van der Waals surface area contributed by atoms with Crippen molar-refractivity contribution in [2.24, 2.45) is 5.41 Å². The molecule has 94 valence electrons. The van der Waals surface area contributed by atoms with Gasteiger partial charge in [-0.05, 0) is 38.7 Å². The van der Waals surface area contributed by atoms with Crippen LogP contribution in [0.3, 0.4) is 0 Å². The monoisotopic (exact) mass is 260 g/mol. The molecule has 0 saturated heterocycles. The zero-order chi connectivity index (χ0) is 13.2. The minimum absolute atomic E-state index is 0.163. The minimum Gasteiger partial charge on any atom is -0.481 e. The number of carbonyl (C=O) groups is 1. The predicted octanol–water partition coefficient (Wildman–Crippen LogP) is 3.34. The Morgan fingerprint density at radius 2 is 2.00 bits per heavy atom. The Labute approximate surface area is 103 Å². The van der Waals surface area contributed by atoms with Crippen molar-refractivity contribution in [3.05, 3.63) is 29.3 Å². The molecule has 0 saturated carbocycles. The highest BCUT2D eigenvalue weighted by atomic mass is 32.2. The van der Waals surface area contributed by atoms with Crippen LogP contribution in [-0.4, -0.2) is 17.3 Å². The Hall–Kier alpha value is -1.10. The van der Waals surface area contributed by atoms with Crippen LogP contribution in [0.5, 0.6) is 0 Å². The van der Waals surface area contributed by atoms with Crippen LogP contribution in [0, 0.1) is 17.0 Å². The van der Waals surface area contributed by atoms with Gasteiger partial charge in [-0.25, -0.2) is 8.78 Å². The summed E-state index contributed by atoms with van der Waals surface area (Å²) in [7, 11) is 0. The third kappa shape index (κ3) is 2.97. The quantitative estimate of drug-likeness (QED) is 0.844. The topological polar surface area (TPSA) is 37.3 Å². The lowest BCUT2D eigenvalue weighted by Crippen LogP contribution is -2.27. The van der Waals surface area contributed by atoms with E-state index in [0.29, 0.717) is 4.90 Å². The maximum Gasteiger partial charge on any atom is 0.309 e. The van der Waals surface area contributed by atoms with Crippen LogP contribution >= 0.6 is 11.8 Å². The molecule has 0 bridgehead atoms. The fourth-order valence-corrected chi connectivity index (χ4v) is 1.92. The molecule has 0 heterocycles. The van der Waals surface area contributed by atoms with Crippen LogP contribution in [0.2, 0.25) is 0 Å². The van der Waals surface area contributed by atoms with Crippen LogP contribution in [0.1, 0.15) is 19.4 Å². The fourth-order valence-electron chi connectivity index (χ4n) is 1.41. The molecule has 0 aliphatic carbocycles. The molecule has 1 aromatic carbocycles. The second-order valence-electron chi connectivity index (χ2n) is 4.41. The van der Waals surface area contributed by atoms with Crippen molar-refractivity contribution in [2.45, 2.75) is 25.2 Å². The molecule has 0 aromatic heterocycles. The molecule has 5 heteroatoms. The number of carboxylic acids is 1. The summed E-state index contributed by atoms with van der Waals surface area (Å²) in [5.74, 6) is -2.44. The lowest BCUT2D eigenvalue weighted by molar-refractivity contribution is -0.146. The third-order valence-electron chi connectivity index (χ3n) is 2.57. The first-order chi connectivity index (χ1) is 7.79. The molecule has 0 aliphatic heterocycles. The molecule has 2 nitrogen and oxygen atoms in total. The summed E-state index contributed by atoms with van der Waals surface area (Å²) in [5.41, 5.74) is -1.36. The molecule has 0 radical (unpaired) electrons. The Morgan fingerprint density at radius 3 is 2.47 bits per heavy atom. The van der Waals surface area contributed by atoms with Gasteiger partial charge in [0, 0.05) is 10.5 Å². The first-order valence-electron chi connectivity index (χ1n) is 5.04. The number of thioether (sulfide) groups is 1. The lowest BCUT2D eigenvalue weighted by Gasteiger charge is -2.20. The molecule has 1 rings (SSSR count). The average molecular weight is 260 g/mol. The normalized spacial score (nSPS) is 11.6.